The summed E-state index contributed by atoms with van der Waals surface area (Å²) in [5.41, 5.74) is 2.09. The molecule has 1 aliphatic carbocycles. The van der Waals surface area contributed by atoms with Crippen LogP contribution < -0.4 is 4.90 Å². The Balaban J connectivity index is 1.67. The number of nitrogens with zero attached hydrogens (tertiary/aromatic N) is 1. The molecular weight excluding hydrogens is 250 g/mol. The van der Waals surface area contributed by atoms with Crippen LogP contribution in [-0.2, 0) is 4.74 Å². The van der Waals surface area contributed by atoms with Gasteiger partial charge in [-0.05, 0) is 37.1 Å². The summed E-state index contributed by atoms with van der Waals surface area (Å²) in [5, 5.41) is 0. The van der Waals surface area contributed by atoms with Crippen LogP contribution in [-0.4, -0.2) is 32.1 Å². The molecule has 1 aromatic carbocycles. The summed E-state index contributed by atoms with van der Waals surface area (Å²) in [7, 11) is 0. The lowest BCUT2D eigenvalue weighted by molar-refractivity contribution is 0.0889. The minimum absolute atomic E-state index is 0.262. The molecule has 1 heterocycles. The molecule has 1 saturated heterocycles. The highest BCUT2D eigenvalue weighted by molar-refractivity contribution is 5.98. The van der Waals surface area contributed by atoms with Crippen LogP contribution in [0, 0.1) is 5.92 Å². The Labute approximate surface area is 120 Å². The first kappa shape index (κ1) is 13.6. The first-order chi connectivity index (χ1) is 9.84. The number of carbonyl (C=O) groups is 1. The van der Waals surface area contributed by atoms with E-state index in [1.807, 2.05) is 12.1 Å². The Morgan fingerprint density at radius 2 is 1.65 bits per heavy atom. The van der Waals surface area contributed by atoms with Crippen LogP contribution in [0.2, 0.25) is 0 Å². The summed E-state index contributed by atoms with van der Waals surface area (Å²) in [4.78, 5) is 14.8. The number of hydrogen-bond donors (Lipinski definition) is 0. The van der Waals surface area contributed by atoms with Gasteiger partial charge in [0, 0.05) is 30.3 Å². The predicted molar refractivity (Wildman–Crippen MR) is 80.4 cm³/mol. The van der Waals surface area contributed by atoms with Crippen molar-refractivity contribution in [3.05, 3.63) is 29.8 Å². The quantitative estimate of drug-likeness (QED) is 0.791. The summed E-state index contributed by atoms with van der Waals surface area (Å²) < 4.78 is 5.37. The normalized spacial score (nSPS) is 20.9. The highest BCUT2D eigenvalue weighted by Gasteiger charge is 2.22. The number of anilines is 1. The molecule has 0 atom stereocenters. The monoisotopic (exact) mass is 273 g/mol. The molecule has 0 unspecified atom stereocenters. The lowest BCUT2D eigenvalue weighted by Gasteiger charge is -2.29. The second-order valence-corrected chi connectivity index (χ2v) is 5.85. The van der Waals surface area contributed by atoms with Crippen molar-refractivity contribution in [3.63, 3.8) is 0 Å². The fourth-order valence-electron chi connectivity index (χ4n) is 3.26. The second kappa shape index (κ2) is 6.40. The fraction of sp³-hybridized carbons (Fsp3) is 0.588. The van der Waals surface area contributed by atoms with Gasteiger partial charge in [-0.2, -0.15) is 0 Å². The average molecular weight is 273 g/mol. The number of ether oxygens (including phenoxy) is 1. The van der Waals surface area contributed by atoms with Crippen LogP contribution in [0.5, 0.6) is 0 Å². The first-order valence-corrected chi connectivity index (χ1v) is 7.81. The molecule has 108 valence electrons. The van der Waals surface area contributed by atoms with Gasteiger partial charge in [0.25, 0.3) is 0 Å². The van der Waals surface area contributed by atoms with E-state index >= 15 is 0 Å². The van der Waals surface area contributed by atoms with E-state index in [1.54, 1.807) is 0 Å². The van der Waals surface area contributed by atoms with E-state index in [9.17, 15) is 4.79 Å². The van der Waals surface area contributed by atoms with Crippen LogP contribution in [0.15, 0.2) is 24.3 Å². The molecule has 1 aliphatic heterocycles. The van der Waals surface area contributed by atoms with Crippen molar-refractivity contribution >= 4 is 11.5 Å². The third-order valence-electron chi connectivity index (χ3n) is 4.50. The molecule has 2 fully saturated rings. The molecule has 1 saturated carbocycles. The Hall–Kier alpha value is -1.35. The molecule has 2 aliphatic rings. The molecule has 0 aromatic heterocycles. The SMILES string of the molecule is O=C(c1ccc(N2CCOCC2)cc1)C1CCCCC1. The second-order valence-electron chi connectivity index (χ2n) is 5.85. The van der Waals surface area contributed by atoms with Crippen molar-refractivity contribution < 1.29 is 9.53 Å². The van der Waals surface area contributed by atoms with Crippen LogP contribution in [0.1, 0.15) is 42.5 Å². The molecule has 3 heteroatoms. The van der Waals surface area contributed by atoms with Gasteiger partial charge in [-0.15, -0.1) is 0 Å². The average Bonchev–Trinajstić information content (AvgIpc) is 2.56. The number of hydrogen-bond acceptors (Lipinski definition) is 3. The Kier molecular flexibility index (Phi) is 4.36. The standard InChI is InChI=1S/C17H23NO2/c19-17(14-4-2-1-3-5-14)15-6-8-16(9-7-15)18-10-12-20-13-11-18/h6-9,14H,1-5,10-13H2. The van der Waals surface area contributed by atoms with Gasteiger partial charge in [0.2, 0.25) is 0 Å². The third-order valence-corrected chi connectivity index (χ3v) is 4.50. The van der Waals surface area contributed by atoms with Crippen molar-refractivity contribution in [1.29, 1.82) is 0 Å². The van der Waals surface area contributed by atoms with Gasteiger partial charge in [0.05, 0.1) is 13.2 Å². The van der Waals surface area contributed by atoms with Gasteiger partial charge in [-0.25, -0.2) is 0 Å². The van der Waals surface area contributed by atoms with Crippen molar-refractivity contribution in [2.24, 2.45) is 5.92 Å². The lowest BCUT2D eigenvalue weighted by Crippen LogP contribution is -2.36. The maximum Gasteiger partial charge on any atom is 0.165 e. The Bertz CT molecular complexity index is 443. The number of benzene rings is 1. The van der Waals surface area contributed by atoms with E-state index in [4.69, 9.17) is 4.74 Å². The largest absolute Gasteiger partial charge is 0.378 e. The number of ketones is 1. The van der Waals surface area contributed by atoms with Crippen LogP contribution in [0.25, 0.3) is 0 Å². The molecule has 0 radical (unpaired) electrons. The van der Waals surface area contributed by atoms with Gasteiger partial charge in [-0.1, -0.05) is 19.3 Å². The number of Topliss-reactive ketones (excluding diaryl/α,β-unsaturated/α-hetero) is 1. The maximum absolute atomic E-state index is 12.5. The van der Waals surface area contributed by atoms with Gasteiger partial charge in [0.1, 0.15) is 0 Å². The molecule has 0 N–H and O–H groups in total. The zero-order valence-electron chi connectivity index (χ0n) is 12.0. The van der Waals surface area contributed by atoms with Gasteiger partial charge < -0.3 is 9.64 Å². The molecule has 0 amide bonds. The van der Waals surface area contributed by atoms with Crippen LogP contribution in [0.4, 0.5) is 5.69 Å². The molecule has 0 bridgehead atoms. The van der Waals surface area contributed by atoms with E-state index in [0.717, 1.165) is 44.7 Å². The summed E-state index contributed by atoms with van der Waals surface area (Å²) >= 11 is 0. The summed E-state index contributed by atoms with van der Waals surface area (Å²) in [6.45, 7) is 3.47. The first-order valence-electron chi connectivity index (χ1n) is 7.81. The van der Waals surface area contributed by atoms with E-state index in [2.05, 4.69) is 17.0 Å². The summed E-state index contributed by atoms with van der Waals surface area (Å²) in [6.07, 6.45) is 5.86. The van der Waals surface area contributed by atoms with Crippen molar-refractivity contribution in [3.8, 4) is 0 Å². The summed E-state index contributed by atoms with van der Waals surface area (Å²) in [5.74, 6) is 0.608. The molecule has 20 heavy (non-hydrogen) atoms. The fourth-order valence-corrected chi connectivity index (χ4v) is 3.26. The number of carbonyl (C=O) groups excluding carboxylic acids is 1. The highest BCUT2D eigenvalue weighted by Crippen LogP contribution is 2.27. The van der Waals surface area contributed by atoms with Crippen molar-refractivity contribution in [2.75, 3.05) is 31.2 Å². The van der Waals surface area contributed by atoms with Gasteiger partial charge in [-0.3, -0.25) is 4.79 Å². The zero-order chi connectivity index (χ0) is 13.8. The number of morpholine rings is 1. The van der Waals surface area contributed by atoms with E-state index in [-0.39, 0.29) is 5.92 Å². The molecule has 1 aromatic rings. The highest BCUT2D eigenvalue weighted by atomic mass is 16.5. The molecular formula is C17H23NO2. The maximum atomic E-state index is 12.5. The predicted octanol–water partition coefficient (Wildman–Crippen LogP) is 3.29. The molecule has 3 rings (SSSR count). The van der Waals surface area contributed by atoms with E-state index in [1.165, 1.54) is 24.9 Å². The lowest BCUT2D eigenvalue weighted by atomic mass is 9.84. The van der Waals surface area contributed by atoms with Gasteiger partial charge in [0.15, 0.2) is 5.78 Å². The summed E-state index contributed by atoms with van der Waals surface area (Å²) in [6, 6.07) is 8.17. The third kappa shape index (κ3) is 3.04. The number of rotatable bonds is 3. The Morgan fingerprint density at radius 3 is 2.30 bits per heavy atom. The smallest absolute Gasteiger partial charge is 0.165 e. The van der Waals surface area contributed by atoms with Crippen molar-refractivity contribution in [2.45, 2.75) is 32.1 Å². The zero-order valence-corrected chi connectivity index (χ0v) is 12.0. The minimum Gasteiger partial charge on any atom is -0.378 e. The minimum atomic E-state index is 0.262. The topological polar surface area (TPSA) is 29.5 Å². The van der Waals surface area contributed by atoms with Crippen LogP contribution >= 0.6 is 0 Å². The Morgan fingerprint density at radius 1 is 1.00 bits per heavy atom. The van der Waals surface area contributed by atoms with E-state index < -0.39 is 0 Å². The van der Waals surface area contributed by atoms with Crippen LogP contribution in [0.3, 0.4) is 0 Å². The van der Waals surface area contributed by atoms with E-state index in [0.29, 0.717) is 5.78 Å². The molecule has 0 spiro atoms. The van der Waals surface area contributed by atoms with Crippen molar-refractivity contribution in [1.82, 2.24) is 0 Å². The molecule has 3 nitrogen and oxygen atoms in total. The van der Waals surface area contributed by atoms with Gasteiger partial charge >= 0.3 is 0 Å².